The van der Waals surface area contributed by atoms with Crippen LogP contribution in [0.25, 0.3) is 11.1 Å². The van der Waals surface area contributed by atoms with E-state index in [4.69, 9.17) is 20.2 Å². The summed E-state index contributed by atoms with van der Waals surface area (Å²) < 4.78 is 10.6. The molecule has 0 aliphatic rings. The minimum atomic E-state index is -0.501. The monoisotopic (exact) mass is 481 g/mol. The average molecular weight is 482 g/mol. The van der Waals surface area contributed by atoms with E-state index in [1.807, 2.05) is 38.1 Å². The number of carbonyl (C=O) groups is 2. The highest BCUT2D eigenvalue weighted by atomic mass is 32.1. The Morgan fingerprint density at radius 2 is 1.76 bits per heavy atom. The van der Waals surface area contributed by atoms with Gasteiger partial charge in [-0.05, 0) is 44.2 Å². The van der Waals surface area contributed by atoms with Crippen LogP contribution < -0.4 is 5.73 Å². The number of carbonyl (C=O) groups excluding carboxylic acids is 2. The van der Waals surface area contributed by atoms with Crippen LogP contribution in [-0.4, -0.2) is 28.5 Å². The van der Waals surface area contributed by atoms with Crippen LogP contribution in [0.15, 0.2) is 29.6 Å². The quantitative estimate of drug-likeness (QED) is 0.428. The summed E-state index contributed by atoms with van der Waals surface area (Å²) in [5.41, 5.74) is 11.9. The van der Waals surface area contributed by atoms with Crippen LogP contribution in [0.3, 0.4) is 0 Å². The maximum atomic E-state index is 13.3. The molecule has 0 unspecified atom stereocenters. The van der Waals surface area contributed by atoms with Gasteiger partial charge >= 0.3 is 11.9 Å². The molecule has 3 rings (SSSR count). The standard InChI is InChI=1S/C26H31N3O4S/c1-6-32-25(30)21-14-34-22(29-21)13-33-26(31)23-17(5)28-20(11-15(2)3)19(12-27)24(23)18-9-7-16(4)8-10-18/h7-10,14-15H,6,11-13,27H2,1-5H3. The van der Waals surface area contributed by atoms with Crippen LogP contribution in [0.5, 0.6) is 0 Å². The number of benzene rings is 1. The van der Waals surface area contributed by atoms with E-state index in [0.717, 1.165) is 34.4 Å². The van der Waals surface area contributed by atoms with Gasteiger partial charge < -0.3 is 15.2 Å². The summed E-state index contributed by atoms with van der Waals surface area (Å²) in [6.45, 7) is 10.3. The number of hydrogen-bond acceptors (Lipinski definition) is 8. The van der Waals surface area contributed by atoms with Crippen molar-refractivity contribution in [1.29, 1.82) is 0 Å². The van der Waals surface area contributed by atoms with Crippen molar-refractivity contribution in [1.82, 2.24) is 9.97 Å². The minimum Gasteiger partial charge on any atom is -0.461 e. The molecule has 1 aromatic carbocycles. The molecule has 3 aromatic rings. The Kier molecular flexibility index (Phi) is 8.52. The van der Waals surface area contributed by atoms with Crippen molar-refractivity contribution in [3.8, 4) is 11.1 Å². The Morgan fingerprint density at radius 1 is 1.06 bits per heavy atom. The second kappa shape index (κ2) is 11.4. The van der Waals surface area contributed by atoms with Gasteiger partial charge in [-0.25, -0.2) is 14.6 Å². The van der Waals surface area contributed by atoms with Gasteiger partial charge in [0, 0.05) is 23.2 Å². The second-order valence-electron chi connectivity index (χ2n) is 8.46. The van der Waals surface area contributed by atoms with Gasteiger partial charge in [-0.1, -0.05) is 43.7 Å². The molecule has 0 radical (unpaired) electrons. The summed E-state index contributed by atoms with van der Waals surface area (Å²) in [5, 5.41) is 2.10. The summed E-state index contributed by atoms with van der Waals surface area (Å²) in [4.78, 5) is 34.2. The number of nitrogens with zero attached hydrogens (tertiary/aromatic N) is 2. The molecule has 2 N–H and O–H groups in total. The molecule has 180 valence electrons. The Balaban J connectivity index is 1.98. The Bertz CT molecular complexity index is 1170. The number of ether oxygens (including phenoxy) is 2. The smallest absolute Gasteiger partial charge is 0.357 e. The lowest BCUT2D eigenvalue weighted by Gasteiger charge is -2.20. The van der Waals surface area contributed by atoms with Gasteiger partial charge in [0.15, 0.2) is 5.69 Å². The zero-order valence-corrected chi connectivity index (χ0v) is 21.1. The molecule has 0 aliphatic carbocycles. The maximum absolute atomic E-state index is 13.3. The molecule has 34 heavy (non-hydrogen) atoms. The van der Waals surface area contributed by atoms with E-state index in [0.29, 0.717) is 22.2 Å². The van der Waals surface area contributed by atoms with Crippen LogP contribution in [0.2, 0.25) is 0 Å². The zero-order chi connectivity index (χ0) is 24.8. The number of thiazole rings is 1. The van der Waals surface area contributed by atoms with Crippen LogP contribution in [-0.2, 0) is 29.0 Å². The van der Waals surface area contributed by atoms with E-state index in [2.05, 4.69) is 18.8 Å². The predicted octanol–water partition coefficient (Wildman–Crippen LogP) is 5.01. The zero-order valence-electron chi connectivity index (χ0n) is 20.3. The fraction of sp³-hybridized carbons (Fsp3) is 0.385. The Labute approximate surface area is 204 Å². The molecule has 8 heteroatoms. The third-order valence-electron chi connectivity index (χ3n) is 5.28. The molecule has 0 saturated heterocycles. The number of nitrogens with two attached hydrogens (primary N) is 1. The largest absolute Gasteiger partial charge is 0.461 e. The van der Waals surface area contributed by atoms with E-state index in [1.54, 1.807) is 12.3 Å². The molecular weight excluding hydrogens is 450 g/mol. The summed E-state index contributed by atoms with van der Waals surface area (Å²) in [6, 6.07) is 8.00. The van der Waals surface area contributed by atoms with Crippen molar-refractivity contribution in [3.63, 3.8) is 0 Å². The van der Waals surface area contributed by atoms with Crippen LogP contribution in [0.4, 0.5) is 0 Å². The number of rotatable bonds is 9. The van der Waals surface area contributed by atoms with Gasteiger partial charge in [0.2, 0.25) is 0 Å². The van der Waals surface area contributed by atoms with Crippen LogP contribution in [0, 0.1) is 19.8 Å². The normalized spacial score (nSPS) is 11.0. The van der Waals surface area contributed by atoms with Crippen molar-refractivity contribution in [2.45, 2.75) is 54.2 Å². The Morgan fingerprint density at radius 3 is 2.38 bits per heavy atom. The number of aryl methyl sites for hydroxylation is 2. The summed E-state index contributed by atoms with van der Waals surface area (Å²) in [7, 11) is 0. The Hall–Kier alpha value is -3.10. The second-order valence-corrected chi connectivity index (χ2v) is 9.41. The molecular formula is C26H31N3O4S. The first kappa shape index (κ1) is 25.5. The molecule has 2 aromatic heterocycles. The van der Waals surface area contributed by atoms with E-state index >= 15 is 0 Å². The molecule has 2 heterocycles. The van der Waals surface area contributed by atoms with Gasteiger partial charge in [-0.15, -0.1) is 11.3 Å². The number of esters is 2. The van der Waals surface area contributed by atoms with E-state index in [1.165, 1.54) is 11.3 Å². The number of pyridine rings is 1. The fourth-order valence-electron chi connectivity index (χ4n) is 3.74. The third-order valence-corrected chi connectivity index (χ3v) is 6.10. The first-order valence-electron chi connectivity index (χ1n) is 11.3. The molecule has 0 spiro atoms. The topological polar surface area (TPSA) is 104 Å². The number of hydrogen-bond donors (Lipinski definition) is 1. The first-order valence-corrected chi connectivity index (χ1v) is 12.2. The van der Waals surface area contributed by atoms with Crippen molar-refractivity contribution < 1.29 is 19.1 Å². The highest BCUT2D eigenvalue weighted by molar-refractivity contribution is 7.09. The number of aromatic nitrogens is 2. The summed E-state index contributed by atoms with van der Waals surface area (Å²) in [6.07, 6.45) is 0.761. The van der Waals surface area contributed by atoms with E-state index in [-0.39, 0.29) is 25.5 Å². The third kappa shape index (κ3) is 5.87. The van der Waals surface area contributed by atoms with Gasteiger partial charge in [0.1, 0.15) is 11.6 Å². The lowest BCUT2D eigenvalue weighted by molar-refractivity contribution is 0.0471. The summed E-state index contributed by atoms with van der Waals surface area (Å²) in [5.74, 6) is -0.606. The molecule has 0 aliphatic heterocycles. The van der Waals surface area contributed by atoms with E-state index in [9.17, 15) is 9.59 Å². The highest BCUT2D eigenvalue weighted by Crippen LogP contribution is 2.33. The SMILES string of the molecule is CCOC(=O)c1csc(COC(=O)c2c(C)nc(CC(C)C)c(CN)c2-c2ccc(C)cc2)n1. The molecule has 0 amide bonds. The van der Waals surface area contributed by atoms with Crippen molar-refractivity contribution in [3.05, 3.63) is 68.4 Å². The van der Waals surface area contributed by atoms with Gasteiger partial charge in [-0.2, -0.15) is 0 Å². The van der Waals surface area contributed by atoms with Crippen LogP contribution >= 0.6 is 11.3 Å². The van der Waals surface area contributed by atoms with E-state index < -0.39 is 11.9 Å². The van der Waals surface area contributed by atoms with Crippen molar-refractivity contribution in [2.75, 3.05) is 6.61 Å². The highest BCUT2D eigenvalue weighted by Gasteiger charge is 2.25. The summed E-state index contributed by atoms with van der Waals surface area (Å²) >= 11 is 1.24. The molecule has 7 nitrogen and oxygen atoms in total. The lowest BCUT2D eigenvalue weighted by atomic mass is 9.90. The maximum Gasteiger partial charge on any atom is 0.357 e. The minimum absolute atomic E-state index is 0.0542. The first-order chi connectivity index (χ1) is 16.2. The molecule has 0 fully saturated rings. The molecule has 0 bridgehead atoms. The molecule has 0 saturated carbocycles. The van der Waals surface area contributed by atoms with Crippen LogP contribution in [0.1, 0.15) is 69.1 Å². The van der Waals surface area contributed by atoms with Gasteiger partial charge in [0.05, 0.1) is 17.9 Å². The lowest BCUT2D eigenvalue weighted by Crippen LogP contribution is -2.17. The van der Waals surface area contributed by atoms with Crippen molar-refractivity contribution in [2.24, 2.45) is 11.7 Å². The van der Waals surface area contributed by atoms with Crippen molar-refractivity contribution >= 4 is 23.3 Å². The fourth-order valence-corrected chi connectivity index (χ4v) is 4.42. The molecule has 0 atom stereocenters. The predicted molar refractivity (Wildman–Crippen MR) is 133 cm³/mol. The average Bonchev–Trinajstić information content (AvgIpc) is 3.27. The van der Waals surface area contributed by atoms with Gasteiger partial charge in [0.25, 0.3) is 0 Å². The van der Waals surface area contributed by atoms with Gasteiger partial charge in [-0.3, -0.25) is 4.98 Å².